The molecule has 0 spiro atoms. The molecule has 0 unspecified atom stereocenters. The first kappa shape index (κ1) is 8.71. The lowest BCUT2D eigenvalue weighted by molar-refractivity contribution is 0.898. The summed E-state index contributed by atoms with van der Waals surface area (Å²) in [6, 6.07) is 2.06. The van der Waals surface area contributed by atoms with Crippen LogP contribution in [0.2, 0.25) is 0 Å². The standard InChI is InChI=1S/C7H8N2S.ClH/c1-3-8-5-6(1)7-2-4-9-10-7;/h1-2,4,8H,3,5H2;1H. The molecular formula is C7H9ClN2S. The van der Waals surface area contributed by atoms with Crippen LogP contribution >= 0.6 is 23.9 Å². The highest BCUT2D eigenvalue weighted by molar-refractivity contribution is 7.07. The van der Waals surface area contributed by atoms with E-state index in [1.54, 1.807) is 11.5 Å². The minimum Gasteiger partial charge on any atom is -0.309 e. The summed E-state index contributed by atoms with van der Waals surface area (Å²) in [4.78, 5) is 1.30. The van der Waals surface area contributed by atoms with Gasteiger partial charge in [0.25, 0.3) is 0 Å². The Balaban J connectivity index is 0.000000605. The molecular weight excluding hydrogens is 180 g/mol. The van der Waals surface area contributed by atoms with E-state index in [2.05, 4.69) is 21.8 Å². The third-order valence-corrected chi connectivity index (χ3v) is 2.38. The van der Waals surface area contributed by atoms with E-state index in [9.17, 15) is 0 Å². The maximum absolute atomic E-state index is 4.04. The van der Waals surface area contributed by atoms with Crippen LogP contribution in [-0.4, -0.2) is 17.5 Å². The van der Waals surface area contributed by atoms with Crippen LogP contribution in [0.15, 0.2) is 18.3 Å². The van der Waals surface area contributed by atoms with Crippen molar-refractivity contribution in [2.24, 2.45) is 0 Å². The molecule has 1 aromatic heterocycles. The molecule has 2 nitrogen and oxygen atoms in total. The molecule has 0 fully saturated rings. The van der Waals surface area contributed by atoms with Gasteiger partial charge in [0, 0.05) is 19.3 Å². The van der Waals surface area contributed by atoms with E-state index in [1.807, 2.05) is 6.20 Å². The van der Waals surface area contributed by atoms with Gasteiger partial charge in [-0.3, -0.25) is 0 Å². The first-order chi connectivity index (χ1) is 4.97. The van der Waals surface area contributed by atoms with Crippen molar-refractivity contribution in [1.29, 1.82) is 0 Å². The van der Waals surface area contributed by atoms with Gasteiger partial charge < -0.3 is 5.32 Å². The highest BCUT2D eigenvalue weighted by Gasteiger charge is 2.06. The van der Waals surface area contributed by atoms with Crippen LogP contribution in [0.4, 0.5) is 0 Å². The number of nitrogens with one attached hydrogen (secondary N) is 1. The predicted molar refractivity (Wildman–Crippen MR) is 50.2 cm³/mol. The lowest BCUT2D eigenvalue weighted by Gasteiger charge is -1.92. The number of hydrogen-bond donors (Lipinski definition) is 1. The van der Waals surface area contributed by atoms with E-state index in [0.29, 0.717) is 0 Å². The normalized spacial score (nSPS) is 15.8. The van der Waals surface area contributed by atoms with Gasteiger partial charge in [-0.1, -0.05) is 6.08 Å². The summed E-state index contributed by atoms with van der Waals surface area (Å²) in [5, 5.41) is 3.25. The molecule has 0 radical (unpaired) electrons. The molecule has 0 saturated heterocycles. The average Bonchev–Trinajstić information content (AvgIpc) is 2.59. The highest BCUT2D eigenvalue weighted by Crippen LogP contribution is 2.18. The Labute approximate surface area is 75.9 Å². The molecule has 1 aliphatic rings. The highest BCUT2D eigenvalue weighted by atomic mass is 35.5. The number of aromatic nitrogens is 1. The molecule has 0 atom stereocenters. The van der Waals surface area contributed by atoms with Crippen molar-refractivity contribution in [2.45, 2.75) is 0 Å². The third-order valence-electron chi connectivity index (χ3n) is 1.56. The van der Waals surface area contributed by atoms with Gasteiger partial charge in [-0.05, 0) is 23.2 Å². The van der Waals surface area contributed by atoms with Crippen molar-refractivity contribution in [3.8, 4) is 0 Å². The van der Waals surface area contributed by atoms with Crippen molar-refractivity contribution < 1.29 is 0 Å². The zero-order chi connectivity index (χ0) is 6.81. The summed E-state index contributed by atoms with van der Waals surface area (Å²) in [6.07, 6.45) is 4.06. The quantitative estimate of drug-likeness (QED) is 0.724. The summed E-state index contributed by atoms with van der Waals surface area (Å²) in [7, 11) is 0. The van der Waals surface area contributed by atoms with Crippen molar-refractivity contribution in [2.75, 3.05) is 13.1 Å². The molecule has 0 bridgehead atoms. The van der Waals surface area contributed by atoms with Crippen LogP contribution < -0.4 is 5.32 Å². The molecule has 0 saturated carbocycles. The SMILES string of the molecule is C1=C(c2ccns2)CNC1.Cl. The molecule has 2 heterocycles. The predicted octanol–water partition coefficient (Wildman–Crippen LogP) is 1.55. The first-order valence-corrected chi connectivity index (χ1v) is 4.05. The Morgan fingerprint density at radius 1 is 1.55 bits per heavy atom. The van der Waals surface area contributed by atoms with E-state index < -0.39 is 0 Å². The van der Waals surface area contributed by atoms with Gasteiger partial charge in [0.1, 0.15) is 0 Å². The molecule has 60 valence electrons. The van der Waals surface area contributed by atoms with Gasteiger partial charge in [0.15, 0.2) is 0 Å². The Hall–Kier alpha value is -0.380. The lowest BCUT2D eigenvalue weighted by atomic mass is 10.2. The van der Waals surface area contributed by atoms with Crippen LogP contribution in [0, 0.1) is 0 Å². The van der Waals surface area contributed by atoms with E-state index in [0.717, 1.165) is 13.1 Å². The fraction of sp³-hybridized carbons (Fsp3) is 0.286. The number of halogens is 1. The Morgan fingerprint density at radius 2 is 2.45 bits per heavy atom. The molecule has 1 aromatic rings. The monoisotopic (exact) mass is 188 g/mol. The van der Waals surface area contributed by atoms with Crippen LogP contribution in [0.5, 0.6) is 0 Å². The third kappa shape index (κ3) is 1.80. The number of nitrogens with zero attached hydrogens (tertiary/aromatic N) is 1. The second kappa shape index (κ2) is 3.85. The van der Waals surface area contributed by atoms with Crippen molar-refractivity contribution in [3.05, 3.63) is 23.2 Å². The summed E-state index contributed by atoms with van der Waals surface area (Å²) in [6.45, 7) is 2.01. The molecule has 1 aliphatic heterocycles. The van der Waals surface area contributed by atoms with Gasteiger partial charge in [-0.2, -0.15) is 0 Å². The second-order valence-corrected chi connectivity index (χ2v) is 3.07. The second-order valence-electron chi connectivity index (χ2n) is 2.24. The smallest absolute Gasteiger partial charge is 0.0519 e. The largest absolute Gasteiger partial charge is 0.309 e. The molecule has 0 aliphatic carbocycles. The Morgan fingerprint density at radius 3 is 3.00 bits per heavy atom. The maximum atomic E-state index is 4.04. The maximum Gasteiger partial charge on any atom is 0.0519 e. The fourth-order valence-electron chi connectivity index (χ4n) is 1.04. The first-order valence-electron chi connectivity index (χ1n) is 3.27. The number of rotatable bonds is 1. The van der Waals surface area contributed by atoms with Gasteiger partial charge in [-0.25, -0.2) is 4.37 Å². The summed E-state index contributed by atoms with van der Waals surface area (Å²) >= 11 is 1.56. The minimum absolute atomic E-state index is 0. The molecule has 4 heteroatoms. The van der Waals surface area contributed by atoms with Crippen LogP contribution in [0.3, 0.4) is 0 Å². The minimum atomic E-state index is 0. The summed E-state index contributed by atoms with van der Waals surface area (Å²) in [5.74, 6) is 0. The van der Waals surface area contributed by atoms with Gasteiger partial charge in [0.05, 0.1) is 4.88 Å². The molecule has 0 aromatic carbocycles. The average molecular weight is 189 g/mol. The lowest BCUT2D eigenvalue weighted by Crippen LogP contribution is -2.07. The molecule has 1 N–H and O–H groups in total. The molecule has 2 rings (SSSR count). The number of hydrogen-bond acceptors (Lipinski definition) is 3. The summed E-state index contributed by atoms with van der Waals surface area (Å²) < 4.78 is 4.04. The summed E-state index contributed by atoms with van der Waals surface area (Å²) in [5.41, 5.74) is 1.39. The van der Waals surface area contributed by atoms with Crippen LogP contribution in [0.25, 0.3) is 5.57 Å². The Kier molecular flexibility index (Phi) is 3.05. The fourth-order valence-corrected chi connectivity index (χ4v) is 1.67. The van der Waals surface area contributed by atoms with Crippen molar-refractivity contribution >= 4 is 29.5 Å². The van der Waals surface area contributed by atoms with Crippen LogP contribution in [0.1, 0.15) is 4.88 Å². The zero-order valence-corrected chi connectivity index (χ0v) is 7.54. The molecule has 0 amide bonds. The van der Waals surface area contributed by atoms with E-state index >= 15 is 0 Å². The van der Waals surface area contributed by atoms with Crippen LogP contribution in [-0.2, 0) is 0 Å². The van der Waals surface area contributed by atoms with Gasteiger partial charge in [-0.15, -0.1) is 12.4 Å². The van der Waals surface area contributed by atoms with Crippen molar-refractivity contribution in [3.63, 3.8) is 0 Å². The molecule has 11 heavy (non-hydrogen) atoms. The van der Waals surface area contributed by atoms with Gasteiger partial charge >= 0.3 is 0 Å². The van der Waals surface area contributed by atoms with E-state index in [4.69, 9.17) is 0 Å². The van der Waals surface area contributed by atoms with E-state index in [-0.39, 0.29) is 12.4 Å². The van der Waals surface area contributed by atoms with Crippen molar-refractivity contribution in [1.82, 2.24) is 9.69 Å². The van der Waals surface area contributed by atoms with E-state index in [1.165, 1.54) is 10.5 Å². The zero-order valence-electron chi connectivity index (χ0n) is 5.91. The topological polar surface area (TPSA) is 24.9 Å². The van der Waals surface area contributed by atoms with Gasteiger partial charge in [0.2, 0.25) is 0 Å². The Bertz CT molecular complexity index is 243.